The molecule has 120 valence electrons. The van der Waals surface area contributed by atoms with E-state index in [-0.39, 0.29) is 24.1 Å². The summed E-state index contributed by atoms with van der Waals surface area (Å²) in [7, 11) is 1.56. The van der Waals surface area contributed by atoms with E-state index in [1.54, 1.807) is 7.05 Å². The highest BCUT2D eigenvalue weighted by molar-refractivity contribution is 5.98. The second-order valence-electron chi connectivity index (χ2n) is 5.57. The van der Waals surface area contributed by atoms with Gasteiger partial charge in [0.2, 0.25) is 5.91 Å². The number of hydrogen-bond acceptors (Lipinski definition) is 4. The Labute approximate surface area is 135 Å². The number of hydrogen-bond donors (Lipinski definition) is 1. The molecular formula is C17H20N4O2. The number of anilines is 1. The third-order valence-electron chi connectivity index (χ3n) is 3.45. The van der Waals surface area contributed by atoms with E-state index in [9.17, 15) is 9.59 Å². The summed E-state index contributed by atoms with van der Waals surface area (Å²) in [6.45, 7) is 5.86. The second-order valence-corrected chi connectivity index (χ2v) is 5.57. The molecule has 2 amide bonds. The zero-order chi connectivity index (χ0) is 17.0. The monoisotopic (exact) mass is 312 g/mol. The summed E-state index contributed by atoms with van der Waals surface area (Å²) in [5, 5.41) is 2.87. The molecule has 0 fully saturated rings. The molecule has 0 saturated carbocycles. The summed E-state index contributed by atoms with van der Waals surface area (Å²) in [5.41, 5.74) is 4.15. The molecule has 1 heterocycles. The van der Waals surface area contributed by atoms with Gasteiger partial charge >= 0.3 is 0 Å². The molecule has 6 heteroatoms. The Hall–Kier alpha value is -2.76. The van der Waals surface area contributed by atoms with Gasteiger partial charge in [-0.1, -0.05) is 17.7 Å². The van der Waals surface area contributed by atoms with Gasteiger partial charge in [0.25, 0.3) is 5.91 Å². The molecular weight excluding hydrogens is 292 g/mol. The molecule has 1 aromatic carbocycles. The van der Waals surface area contributed by atoms with E-state index >= 15 is 0 Å². The molecule has 0 unspecified atom stereocenters. The van der Waals surface area contributed by atoms with Gasteiger partial charge in [0.05, 0.1) is 12.7 Å². The zero-order valence-electron chi connectivity index (χ0n) is 13.8. The first-order chi connectivity index (χ1) is 10.9. The van der Waals surface area contributed by atoms with Gasteiger partial charge in [0.1, 0.15) is 5.69 Å². The Bertz CT molecular complexity index is 706. The van der Waals surface area contributed by atoms with Crippen molar-refractivity contribution in [3.63, 3.8) is 0 Å². The van der Waals surface area contributed by atoms with Crippen molar-refractivity contribution in [2.75, 3.05) is 18.9 Å². The Balaban J connectivity index is 2.04. The second kappa shape index (κ2) is 7.00. The number of carbonyl (C=O) groups is 2. The lowest BCUT2D eigenvalue weighted by atomic mass is 10.1. The van der Waals surface area contributed by atoms with Crippen LogP contribution in [-0.2, 0) is 4.79 Å². The number of aryl methyl sites for hydroxylation is 3. The number of amides is 2. The van der Waals surface area contributed by atoms with Crippen LogP contribution in [0.5, 0.6) is 0 Å². The quantitative estimate of drug-likeness (QED) is 0.938. The summed E-state index contributed by atoms with van der Waals surface area (Å²) < 4.78 is 0. The summed E-state index contributed by atoms with van der Waals surface area (Å²) in [4.78, 5) is 33.5. The number of benzene rings is 1. The molecule has 0 aliphatic carbocycles. The highest BCUT2D eigenvalue weighted by Crippen LogP contribution is 2.21. The molecule has 0 atom stereocenters. The molecule has 6 nitrogen and oxygen atoms in total. The maximum atomic E-state index is 12.2. The van der Waals surface area contributed by atoms with E-state index in [1.807, 2.05) is 32.9 Å². The van der Waals surface area contributed by atoms with Crippen LogP contribution in [0.15, 0.2) is 30.7 Å². The Morgan fingerprint density at radius 1 is 1.13 bits per heavy atom. The molecule has 0 bridgehead atoms. The molecule has 0 spiro atoms. The van der Waals surface area contributed by atoms with E-state index in [1.165, 1.54) is 23.5 Å². The van der Waals surface area contributed by atoms with E-state index in [4.69, 9.17) is 0 Å². The van der Waals surface area contributed by atoms with Crippen molar-refractivity contribution < 1.29 is 9.59 Å². The van der Waals surface area contributed by atoms with Gasteiger partial charge in [-0.15, -0.1) is 0 Å². The van der Waals surface area contributed by atoms with Gasteiger partial charge < -0.3 is 10.2 Å². The minimum absolute atomic E-state index is 0.0534. The number of nitrogens with one attached hydrogen (secondary N) is 1. The SMILES string of the molecule is Cc1cc(C)c(NC(=O)CN(C)C(=O)c2cnccn2)c(C)c1. The molecule has 2 rings (SSSR count). The van der Waals surface area contributed by atoms with E-state index < -0.39 is 0 Å². The van der Waals surface area contributed by atoms with Crippen molar-refractivity contribution in [2.24, 2.45) is 0 Å². The summed E-state index contributed by atoms with van der Waals surface area (Å²) in [6.07, 6.45) is 4.32. The lowest BCUT2D eigenvalue weighted by Gasteiger charge is -2.18. The van der Waals surface area contributed by atoms with Crippen molar-refractivity contribution >= 4 is 17.5 Å². The van der Waals surface area contributed by atoms with Crippen LogP contribution in [0.3, 0.4) is 0 Å². The Morgan fingerprint density at radius 3 is 2.35 bits per heavy atom. The number of aromatic nitrogens is 2. The third kappa shape index (κ3) is 4.12. The van der Waals surface area contributed by atoms with Crippen LogP contribution in [0.1, 0.15) is 27.2 Å². The predicted octanol–water partition coefficient (Wildman–Crippen LogP) is 2.11. The normalized spacial score (nSPS) is 10.3. The Morgan fingerprint density at radius 2 is 1.78 bits per heavy atom. The smallest absolute Gasteiger partial charge is 0.274 e. The van der Waals surface area contributed by atoms with Crippen LogP contribution in [0, 0.1) is 20.8 Å². The van der Waals surface area contributed by atoms with Crippen LogP contribution < -0.4 is 5.32 Å². The van der Waals surface area contributed by atoms with Crippen molar-refractivity contribution in [1.82, 2.24) is 14.9 Å². The van der Waals surface area contributed by atoms with Gasteiger partial charge in [-0.25, -0.2) is 4.98 Å². The fraction of sp³-hybridized carbons (Fsp3) is 0.294. The van der Waals surface area contributed by atoms with Gasteiger partial charge in [-0.2, -0.15) is 0 Å². The molecule has 23 heavy (non-hydrogen) atoms. The fourth-order valence-electron chi connectivity index (χ4n) is 2.45. The zero-order valence-corrected chi connectivity index (χ0v) is 13.8. The van der Waals surface area contributed by atoms with Crippen LogP contribution in [0.25, 0.3) is 0 Å². The molecule has 1 aromatic heterocycles. The molecule has 0 aliphatic heterocycles. The number of nitrogens with zero attached hydrogens (tertiary/aromatic N) is 3. The van der Waals surface area contributed by atoms with Gasteiger partial charge in [0.15, 0.2) is 0 Å². The van der Waals surface area contributed by atoms with Crippen molar-refractivity contribution in [3.05, 3.63) is 53.1 Å². The minimum atomic E-state index is -0.342. The maximum absolute atomic E-state index is 12.2. The first kappa shape index (κ1) is 16.6. The van der Waals surface area contributed by atoms with Crippen molar-refractivity contribution in [1.29, 1.82) is 0 Å². The molecule has 0 saturated heterocycles. The average Bonchev–Trinajstić information content (AvgIpc) is 2.51. The molecule has 1 N–H and O–H groups in total. The predicted molar refractivity (Wildman–Crippen MR) is 88.3 cm³/mol. The van der Waals surface area contributed by atoms with Gasteiger partial charge in [-0.05, 0) is 31.9 Å². The highest BCUT2D eigenvalue weighted by atomic mass is 16.2. The minimum Gasteiger partial charge on any atom is -0.331 e. The van der Waals surface area contributed by atoms with Crippen LogP contribution in [-0.4, -0.2) is 40.3 Å². The van der Waals surface area contributed by atoms with Crippen LogP contribution >= 0.6 is 0 Å². The van der Waals surface area contributed by atoms with E-state index in [0.717, 1.165) is 22.4 Å². The number of carbonyl (C=O) groups excluding carboxylic acids is 2. The average molecular weight is 312 g/mol. The van der Waals surface area contributed by atoms with Crippen molar-refractivity contribution in [2.45, 2.75) is 20.8 Å². The third-order valence-corrected chi connectivity index (χ3v) is 3.45. The topological polar surface area (TPSA) is 75.2 Å². The van der Waals surface area contributed by atoms with Gasteiger partial charge in [-0.3, -0.25) is 14.6 Å². The molecule has 2 aromatic rings. The van der Waals surface area contributed by atoms with Crippen LogP contribution in [0.4, 0.5) is 5.69 Å². The lowest BCUT2D eigenvalue weighted by Crippen LogP contribution is -2.35. The number of likely N-dealkylation sites (N-methyl/N-ethyl adjacent to an activating group) is 1. The lowest BCUT2D eigenvalue weighted by molar-refractivity contribution is -0.116. The Kier molecular flexibility index (Phi) is 5.05. The fourth-order valence-corrected chi connectivity index (χ4v) is 2.45. The maximum Gasteiger partial charge on any atom is 0.274 e. The first-order valence-electron chi connectivity index (χ1n) is 7.27. The first-order valence-corrected chi connectivity index (χ1v) is 7.27. The van der Waals surface area contributed by atoms with Gasteiger partial charge in [0, 0.05) is 25.1 Å². The standard InChI is InChI=1S/C17H20N4O2/c1-11-7-12(2)16(13(3)8-11)20-15(22)10-21(4)17(23)14-9-18-5-6-19-14/h5-9H,10H2,1-4H3,(H,20,22). The van der Waals surface area contributed by atoms with Crippen molar-refractivity contribution in [3.8, 4) is 0 Å². The summed E-state index contributed by atoms with van der Waals surface area (Å²) >= 11 is 0. The largest absolute Gasteiger partial charge is 0.331 e. The van der Waals surface area contributed by atoms with Crippen LogP contribution in [0.2, 0.25) is 0 Å². The molecule has 0 radical (unpaired) electrons. The number of rotatable bonds is 4. The summed E-state index contributed by atoms with van der Waals surface area (Å²) in [5.74, 6) is -0.592. The van der Waals surface area contributed by atoms with E-state index in [0.29, 0.717) is 0 Å². The van der Waals surface area contributed by atoms with E-state index in [2.05, 4.69) is 15.3 Å². The molecule has 0 aliphatic rings. The summed E-state index contributed by atoms with van der Waals surface area (Å²) in [6, 6.07) is 4.02. The highest BCUT2D eigenvalue weighted by Gasteiger charge is 2.17.